The third kappa shape index (κ3) is 4.05. The van der Waals surface area contributed by atoms with Crippen molar-refractivity contribution in [1.82, 2.24) is 5.32 Å². The maximum absolute atomic E-state index is 11.5. The van der Waals surface area contributed by atoms with Gasteiger partial charge in [0.2, 0.25) is 5.91 Å². The Kier molecular flexibility index (Phi) is 5.03. The topological polar surface area (TPSA) is 55.1 Å². The molecule has 0 aliphatic rings. The molecule has 0 radical (unpaired) electrons. The number of nitrogens with two attached hydrogens (primary N) is 1. The summed E-state index contributed by atoms with van der Waals surface area (Å²) in [5, 5.41) is 4.87. The summed E-state index contributed by atoms with van der Waals surface area (Å²) >= 11 is 1.68. The Morgan fingerprint density at radius 3 is 3.06 bits per heavy atom. The summed E-state index contributed by atoms with van der Waals surface area (Å²) in [5.41, 5.74) is 5.60. The zero-order valence-electron chi connectivity index (χ0n) is 9.27. The number of hydrogen-bond acceptors (Lipinski definition) is 3. The average Bonchev–Trinajstić information content (AvgIpc) is 2.70. The third-order valence-corrected chi connectivity index (χ3v) is 3.05. The first kappa shape index (κ1) is 12.8. The highest BCUT2D eigenvalue weighted by atomic mass is 32.1. The van der Waals surface area contributed by atoms with Gasteiger partial charge in [-0.25, -0.2) is 0 Å². The molecule has 16 heavy (non-hydrogen) atoms. The Morgan fingerprint density at radius 2 is 2.50 bits per heavy atom. The van der Waals surface area contributed by atoms with Crippen LogP contribution in [0.1, 0.15) is 18.2 Å². The summed E-state index contributed by atoms with van der Waals surface area (Å²) < 4.78 is 0. The van der Waals surface area contributed by atoms with Gasteiger partial charge in [-0.15, -0.1) is 23.7 Å². The molecule has 1 rings (SSSR count). The second kappa shape index (κ2) is 6.31. The summed E-state index contributed by atoms with van der Waals surface area (Å²) in [4.78, 5) is 12.8. The van der Waals surface area contributed by atoms with Crippen LogP contribution in [0.15, 0.2) is 17.5 Å². The monoisotopic (exact) mass is 236 g/mol. The average molecular weight is 236 g/mol. The zero-order valence-corrected chi connectivity index (χ0v) is 10.1. The molecule has 1 aromatic rings. The Labute approximate surface area is 100 Å². The molecular formula is C12H16N2OS. The van der Waals surface area contributed by atoms with Gasteiger partial charge in [0, 0.05) is 23.8 Å². The standard InChI is InChI=1S/C12H16N2OS/c1-3-5-11(13)12(15)14-9(2)8-10-6-4-7-16-10/h1,4,6-7,9,11H,5,8,13H2,2H3,(H,14,15). The molecule has 3 N–H and O–H groups in total. The van der Waals surface area contributed by atoms with Crippen molar-refractivity contribution in [2.75, 3.05) is 0 Å². The van der Waals surface area contributed by atoms with Gasteiger partial charge < -0.3 is 11.1 Å². The predicted molar refractivity (Wildman–Crippen MR) is 67.1 cm³/mol. The summed E-state index contributed by atoms with van der Waals surface area (Å²) in [5.74, 6) is 2.20. The Balaban J connectivity index is 2.37. The van der Waals surface area contributed by atoms with Crippen molar-refractivity contribution in [2.24, 2.45) is 5.73 Å². The molecule has 0 spiro atoms. The SMILES string of the molecule is C#CCC(N)C(=O)NC(C)Cc1cccs1. The highest BCUT2D eigenvalue weighted by Crippen LogP contribution is 2.10. The van der Waals surface area contributed by atoms with Crippen LogP contribution in [0.2, 0.25) is 0 Å². The summed E-state index contributed by atoms with van der Waals surface area (Å²) in [7, 11) is 0. The van der Waals surface area contributed by atoms with Gasteiger partial charge in [-0.05, 0) is 18.4 Å². The van der Waals surface area contributed by atoms with E-state index in [1.807, 2.05) is 18.4 Å². The van der Waals surface area contributed by atoms with E-state index in [0.29, 0.717) is 0 Å². The first-order valence-corrected chi connectivity index (χ1v) is 6.03. The number of nitrogens with one attached hydrogen (secondary N) is 1. The zero-order chi connectivity index (χ0) is 12.0. The van der Waals surface area contributed by atoms with E-state index in [0.717, 1.165) is 6.42 Å². The molecule has 2 atom stereocenters. The molecule has 3 nitrogen and oxygen atoms in total. The number of carbonyl (C=O) groups is 1. The molecule has 0 saturated carbocycles. The third-order valence-electron chi connectivity index (χ3n) is 2.15. The van der Waals surface area contributed by atoms with Crippen LogP contribution in [0.4, 0.5) is 0 Å². The second-order valence-electron chi connectivity index (χ2n) is 3.71. The van der Waals surface area contributed by atoms with Crippen molar-refractivity contribution in [3.05, 3.63) is 22.4 Å². The van der Waals surface area contributed by atoms with Crippen LogP contribution in [0.5, 0.6) is 0 Å². The number of carbonyl (C=O) groups excluding carboxylic acids is 1. The van der Waals surface area contributed by atoms with Crippen molar-refractivity contribution in [3.63, 3.8) is 0 Å². The van der Waals surface area contributed by atoms with Gasteiger partial charge in [-0.1, -0.05) is 6.07 Å². The minimum absolute atomic E-state index is 0.0787. The lowest BCUT2D eigenvalue weighted by atomic mass is 10.1. The summed E-state index contributed by atoms with van der Waals surface area (Å²) in [6.45, 7) is 1.96. The largest absolute Gasteiger partial charge is 0.352 e. The minimum Gasteiger partial charge on any atom is -0.352 e. The van der Waals surface area contributed by atoms with E-state index < -0.39 is 6.04 Å². The van der Waals surface area contributed by atoms with E-state index in [1.54, 1.807) is 11.3 Å². The number of terminal acetylenes is 1. The van der Waals surface area contributed by atoms with E-state index in [1.165, 1.54) is 4.88 Å². The van der Waals surface area contributed by atoms with Crippen molar-refractivity contribution in [3.8, 4) is 12.3 Å². The van der Waals surface area contributed by atoms with E-state index >= 15 is 0 Å². The van der Waals surface area contributed by atoms with Crippen molar-refractivity contribution < 1.29 is 4.79 Å². The van der Waals surface area contributed by atoms with Crippen LogP contribution in [-0.2, 0) is 11.2 Å². The molecule has 2 unspecified atom stereocenters. The molecule has 0 fully saturated rings. The Hall–Kier alpha value is -1.31. The van der Waals surface area contributed by atoms with Gasteiger partial charge in [0.05, 0.1) is 6.04 Å². The van der Waals surface area contributed by atoms with Crippen molar-refractivity contribution in [2.45, 2.75) is 31.8 Å². The second-order valence-corrected chi connectivity index (χ2v) is 4.74. The van der Waals surface area contributed by atoms with Gasteiger partial charge in [-0.2, -0.15) is 0 Å². The fourth-order valence-electron chi connectivity index (χ4n) is 1.35. The molecule has 0 saturated heterocycles. The molecule has 1 heterocycles. The predicted octanol–water partition coefficient (Wildman–Crippen LogP) is 1.15. The van der Waals surface area contributed by atoms with Crippen LogP contribution in [0.25, 0.3) is 0 Å². The normalized spacial score (nSPS) is 13.8. The smallest absolute Gasteiger partial charge is 0.238 e. The van der Waals surface area contributed by atoms with E-state index in [4.69, 9.17) is 12.2 Å². The van der Waals surface area contributed by atoms with E-state index in [-0.39, 0.29) is 18.4 Å². The minimum atomic E-state index is -0.601. The number of thiophene rings is 1. The molecule has 0 aromatic carbocycles. The highest BCUT2D eigenvalue weighted by molar-refractivity contribution is 7.09. The maximum atomic E-state index is 11.5. The first-order valence-electron chi connectivity index (χ1n) is 5.15. The number of amides is 1. The van der Waals surface area contributed by atoms with Crippen molar-refractivity contribution in [1.29, 1.82) is 0 Å². The van der Waals surface area contributed by atoms with Crippen LogP contribution in [-0.4, -0.2) is 18.0 Å². The van der Waals surface area contributed by atoms with Crippen LogP contribution in [0, 0.1) is 12.3 Å². The maximum Gasteiger partial charge on any atom is 0.238 e. The lowest BCUT2D eigenvalue weighted by Crippen LogP contribution is -2.44. The lowest BCUT2D eigenvalue weighted by molar-refractivity contribution is -0.122. The quantitative estimate of drug-likeness (QED) is 0.753. The molecule has 86 valence electrons. The van der Waals surface area contributed by atoms with Crippen LogP contribution < -0.4 is 11.1 Å². The molecule has 0 bridgehead atoms. The molecule has 0 aliphatic heterocycles. The van der Waals surface area contributed by atoms with Gasteiger partial charge in [0.1, 0.15) is 0 Å². The van der Waals surface area contributed by atoms with E-state index in [9.17, 15) is 4.79 Å². The Bertz CT molecular complexity index is 367. The molecule has 0 aliphatic carbocycles. The first-order chi connectivity index (χ1) is 7.63. The van der Waals surface area contributed by atoms with Gasteiger partial charge in [0.25, 0.3) is 0 Å². The fourth-order valence-corrected chi connectivity index (χ4v) is 2.19. The fraction of sp³-hybridized carbons (Fsp3) is 0.417. The van der Waals surface area contributed by atoms with E-state index in [2.05, 4.69) is 17.3 Å². The number of rotatable bonds is 5. The van der Waals surface area contributed by atoms with Gasteiger partial charge in [-0.3, -0.25) is 4.79 Å². The Morgan fingerprint density at radius 1 is 1.75 bits per heavy atom. The van der Waals surface area contributed by atoms with Crippen LogP contribution in [0.3, 0.4) is 0 Å². The summed E-state index contributed by atoms with van der Waals surface area (Å²) in [6, 6.07) is 3.53. The number of hydrogen-bond donors (Lipinski definition) is 2. The van der Waals surface area contributed by atoms with Gasteiger partial charge >= 0.3 is 0 Å². The molecule has 4 heteroatoms. The molecule has 1 amide bonds. The van der Waals surface area contributed by atoms with Crippen LogP contribution >= 0.6 is 11.3 Å². The molecular weight excluding hydrogens is 220 g/mol. The summed E-state index contributed by atoms with van der Waals surface area (Å²) in [6.07, 6.45) is 6.20. The molecule has 1 aromatic heterocycles. The highest BCUT2D eigenvalue weighted by Gasteiger charge is 2.14. The van der Waals surface area contributed by atoms with Gasteiger partial charge in [0.15, 0.2) is 0 Å². The van der Waals surface area contributed by atoms with Crippen molar-refractivity contribution >= 4 is 17.2 Å². The lowest BCUT2D eigenvalue weighted by Gasteiger charge is -2.15.